The van der Waals surface area contributed by atoms with Crippen molar-refractivity contribution in [1.82, 2.24) is 0 Å². The first-order valence-electron chi connectivity index (χ1n) is 4.45. The third kappa shape index (κ3) is 2.31. The Balaban J connectivity index is 2.37. The molecule has 0 aliphatic rings. The molecule has 1 unspecified atom stereocenters. The summed E-state index contributed by atoms with van der Waals surface area (Å²) in [5.74, 6) is -1.39. The molecule has 1 heterocycles. The van der Waals surface area contributed by atoms with Crippen molar-refractivity contribution in [2.75, 3.05) is 0 Å². The maximum absolute atomic E-state index is 13.4. The van der Waals surface area contributed by atoms with Crippen molar-refractivity contribution in [2.45, 2.75) is 6.10 Å². The van der Waals surface area contributed by atoms with Gasteiger partial charge in [0, 0.05) is 26.4 Å². The number of hydrogen-bond donors (Lipinski definition) is 1. The number of benzene rings is 1. The van der Waals surface area contributed by atoms with Gasteiger partial charge in [-0.15, -0.1) is 11.3 Å². The van der Waals surface area contributed by atoms with Crippen LogP contribution < -0.4 is 0 Å². The molecule has 0 radical (unpaired) electrons. The van der Waals surface area contributed by atoms with Crippen LogP contribution in [0.2, 0.25) is 0 Å². The minimum Gasteiger partial charge on any atom is -0.383 e. The lowest BCUT2D eigenvalue weighted by atomic mass is 10.1. The van der Waals surface area contributed by atoms with E-state index < -0.39 is 17.7 Å². The molecule has 1 nitrogen and oxygen atoms in total. The van der Waals surface area contributed by atoms with Crippen LogP contribution >= 0.6 is 27.3 Å². The zero-order chi connectivity index (χ0) is 11.7. The second kappa shape index (κ2) is 4.61. The van der Waals surface area contributed by atoms with Crippen molar-refractivity contribution in [2.24, 2.45) is 0 Å². The molecule has 1 atom stereocenters. The zero-order valence-electron chi connectivity index (χ0n) is 7.95. The molecule has 0 bridgehead atoms. The predicted octanol–water partition coefficient (Wildman–Crippen LogP) is 3.87. The molecule has 0 amide bonds. The highest BCUT2D eigenvalue weighted by Gasteiger charge is 2.17. The first-order valence-corrected chi connectivity index (χ1v) is 6.12. The van der Waals surface area contributed by atoms with Gasteiger partial charge in [0.1, 0.15) is 17.7 Å². The van der Waals surface area contributed by atoms with Crippen molar-refractivity contribution in [3.63, 3.8) is 0 Å². The lowest BCUT2D eigenvalue weighted by Gasteiger charge is -2.09. The molecule has 1 N–H and O–H groups in total. The number of thiophene rings is 1. The molecule has 0 aliphatic carbocycles. The van der Waals surface area contributed by atoms with Gasteiger partial charge in [-0.3, -0.25) is 0 Å². The molecule has 0 saturated heterocycles. The number of halogens is 3. The van der Waals surface area contributed by atoms with E-state index in [9.17, 15) is 13.9 Å². The van der Waals surface area contributed by atoms with E-state index in [4.69, 9.17) is 0 Å². The summed E-state index contributed by atoms with van der Waals surface area (Å²) in [5.41, 5.74) is 0.0794. The number of rotatable bonds is 2. The zero-order valence-corrected chi connectivity index (χ0v) is 10.4. The van der Waals surface area contributed by atoms with Gasteiger partial charge < -0.3 is 5.11 Å². The van der Waals surface area contributed by atoms with Gasteiger partial charge >= 0.3 is 0 Å². The molecule has 0 aliphatic heterocycles. The second-order valence-corrected chi connectivity index (χ2v) is 5.09. The molecule has 0 saturated carbocycles. The Kier molecular flexibility index (Phi) is 3.37. The molecular formula is C11H7BrF2OS. The molecule has 2 aromatic rings. The van der Waals surface area contributed by atoms with Gasteiger partial charge in [-0.2, -0.15) is 0 Å². The van der Waals surface area contributed by atoms with Crippen molar-refractivity contribution in [1.29, 1.82) is 0 Å². The van der Waals surface area contributed by atoms with E-state index in [1.807, 2.05) is 0 Å². The van der Waals surface area contributed by atoms with Crippen LogP contribution in [0.3, 0.4) is 0 Å². The van der Waals surface area contributed by atoms with E-state index in [-0.39, 0.29) is 5.56 Å². The highest BCUT2D eigenvalue weighted by atomic mass is 79.9. The summed E-state index contributed by atoms with van der Waals surface area (Å²) in [6.45, 7) is 0. The molecule has 0 spiro atoms. The van der Waals surface area contributed by atoms with Crippen LogP contribution in [0.5, 0.6) is 0 Å². The molecule has 16 heavy (non-hydrogen) atoms. The Hall–Kier alpha value is -0.780. The number of aliphatic hydroxyl groups is 1. The Morgan fingerprint density at radius 2 is 2.00 bits per heavy atom. The minimum absolute atomic E-state index is 0.0794. The molecular weight excluding hydrogens is 298 g/mol. The van der Waals surface area contributed by atoms with Gasteiger partial charge in [0.15, 0.2) is 0 Å². The van der Waals surface area contributed by atoms with Gasteiger partial charge in [0.25, 0.3) is 0 Å². The largest absolute Gasteiger partial charge is 0.383 e. The van der Waals surface area contributed by atoms with Crippen LogP contribution in [-0.4, -0.2) is 5.11 Å². The lowest BCUT2D eigenvalue weighted by Crippen LogP contribution is -2.00. The molecule has 1 aromatic carbocycles. The summed E-state index contributed by atoms with van der Waals surface area (Å²) >= 11 is 4.56. The molecule has 0 fully saturated rings. The summed E-state index contributed by atoms with van der Waals surface area (Å²) in [6.07, 6.45) is -1.06. The van der Waals surface area contributed by atoms with Crippen LogP contribution in [-0.2, 0) is 0 Å². The van der Waals surface area contributed by atoms with Crippen molar-refractivity contribution in [3.8, 4) is 0 Å². The topological polar surface area (TPSA) is 20.2 Å². The Morgan fingerprint density at radius 1 is 1.25 bits per heavy atom. The smallest absolute Gasteiger partial charge is 0.132 e. The van der Waals surface area contributed by atoms with Gasteiger partial charge in [0.2, 0.25) is 0 Å². The highest BCUT2D eigenvalue weighted by Crippen LogP contribution is 2.31. The van der Waals surface area contributed by atoms with E-state index in [0.717, 1.165) is 16.6 Å². The van der Waals surface area contributed by atoms with Crippen LogP contribution in [0.1, 0.15) is 16.5 Å². The summed E-state index contributed by atoms with van der Waals surface area (Å²) in [7, 11) is 0. The molecule has 84 valence electrons. The fourth-order valence-corrected chi connectivity index (χ4v) is 2.79. The van der Waals surface area contributed by atoms with E-state index in [1.165, 1.54) is 17.4 Å². The van der Waals surface area contributed by atoms with E-state index in [0.29, 0.717) is 4.88 Å². The van der Waals surface area contributed by atoms with Crippen molar-refractivity contribution >= 4 is 27.3 Å². The summed E-state index contributed by atoms with van der Waals surface area (Å²) in [4.78, 5) is 0.609. The fourth-order valence-electron chi connectivity index (χ4n) is 1.35. The first kappa shape index (κ1) is 11.7. The maximum atomic E-state index is 13.4. The summed E-state index contributed by atoms with van der Waals surface area (Å²) in [5, 5.41) is 11.7. The quantitative estimate of drug-likeness (QED) is 0.893. The predicted molar refractivity (Wildman–Crippen MR) is 62.4 cm³/mol. The van der Waals surface area contributed by atoms with E-state index in [2.05, 4.69) is 15.9 Å². The van der Waals surface area contributed by atoms with Gasteiger partial charge in [-0.05, 0) is 28.1 Å². The molecule has 2 rings (SSSR count). The van der Waals surface area contributed by atoms with Crippen molar-refractivity contribution < 1.29 is 13.9 Å². The fraction of sp³-hybridized carbons (Fsp3) is 0.0909. The monoisotopic (exact) mass is 304 g/mol. The van der Waals surface area contributed by atoms with Crippen LogP contribution in [0.15, 0.2) is 34.1 Å². The van der Waals surface area contributed by atoms with Crippen LogP contribution in [0.25, 0.3) is 0 Å². The Morgan fingerprint density at radius 3 is 2.56 bits per heavy atom. The third-order valence-electron chi connectivity index (χ3n) is 2.11. The van der Waals surface area contributed by atoms with Gasteiger partial charge in [0.05, 0.1) is 0 Å². The summed E-state index contributed by atoms with van der Waals surface area (Å²) < 4.78 is 26.9. The first-order chi connectivity index (χ1) is 7.58. The average molecular weight is 305 g/mol. The SMILES string of the molecule is OC(c1cc(Br)cs1)c1ccc(F)cc1F. The van der Waals surface area contributed by atoms with Gasteiger partial charge in [-0.25, -0.2) is 8.78 Å². The van der Waals surface area contributed by atoms with Crippen LogP contribution in [0.4, 0.5) is 8.78 Å². The van der Waals surface area contributed by atoms with Crippen LogP contribution in [0, 0.1) is 11.6 Å². The average Bonchev–Trinajstić information content (AvgIpc) is 2.64. The lowest BCUT2D eigenvalue weighted by molar-refractivity contribution is 0.218. The third-order valence-corrected chi connectivity index (χ3v) is 3.86. The Bertz CT molecular complexity index is 512. The second-order valence-electron chi connectivity index (χ2n) is 3.24. The van der Waals surface area contributed by atoms with Gasteiger partial charge in [-0.1, -0.05) is 6.07 Å². The number of hydrogen-bond acceptors (Lipinski definition) is 2. The van der Waals surface area contributed by atoms with E-state index >= 15 is 0 Å². The molecule has 5 heteroatoms. The standard InChI is InChI=1S/C11H7BrF2OS/c12-6-3-10(16-5-6)11(15)8-2-1-7(13)4-9(8)14/h1-5,11,15H. The van der Waals surface area contributed by atoms with E-state index in [1.54, 1.807) is 11.4 Å². The molecule has 1 aromatic heterocycles. The summed E-state index contributed by atoms with van der Waals surface area (Å²) in [6, 6.07) is 4.85. The minimum atomic E-state index is -1.06. The highest BCUT2D eigenvalue weighted by molar-refractivity contribution is 9.10. The normalized spacial score (nSPS) is 12.8. The maximum Gasteiger partial charge on any atom is 0.132 e. The van der Waals surface area contributed by atoms with Crippen molar-refractivity contribution in [3.05, 3.63) is 56.2 Å². The number of aliphatic hydroxyl groups excluding tert-OH is 1. The Labute approximate surface area is 103 Å².